The third kappa shape index (κ3) is 2.67. The van der Waals surface area contributed by atoms with Gasteiger partial charge in [-0.1, -0.05) is 6.07 Å². The van der Waals surface area contributed by atoms with E-state index in [0.29, 0.717) is 5.69 Å². The highest BCUT2D eigenvalue weighted by Gasteiger charge is 2.26. The van der Waals surface area contributed by atoms with Crippen LogP contribution in [0.25, 0.3) is 22.1 Å². The van der Waals surface area contributed by atoms with Gasteiger partial charge >= 0.3 is 0 Å². The van der Waals surface area contributed by atoms with Crippen LogP contribution in [-0.4, -0.2) is 28.0 Å². The monoisotopic (exact) mass is 401 g/mol. The zero-order valence-electron chi connectivity index (χ0n) is 12.9. The zero-order valence-corrected chi connectivity index (χ0v) is 15.3. The Kier molecular flexibility index (Phi) is 4.20. The van der Waals surface area contributed by atoms with Crippen molar-refractivity contribution in [2.75, 3.05) is 23.7 Å². The highest BCUT2D eigenvalue weighted by Crippen LogP contribution is 2.44. The average molecular weight is 402 g/mol. The number of nitrogens with two attached hydrogens (primary N) is 1. The lowest BCUT2D eigenvalue weighted by Gasteiger charge is -2.24. The molecule has 4 rings (SSSR count). The molecule has 5 nitrogen and oxygen atoms in total. The minimum Gasteiger partial charge on any atom is -0.396 e. The summed E-state index contributed by atoms with van der Waals surface area (Å²) in [7, 11) is 0. The van der Waals surface area contributed by atoms with Crippen molar-refractivity contribution in [3.8, 4) is 22.1 Å². The van der Waals surface area contributed by atoms with Crippen LogP contribution in [0.1, 0.15) is 12.8 Å². The standard InChI is InChI=1S/C17H16BrN5S/c18-12-13(19)16(23-8-3-4-9-23)15(17-21-7-10-24-17)22-14(12)11-5-1-2-6-20-11/h1-2,5-7,10H,3-4,8-9H2,(H2,19,22). The molecule has 0 spiro atoms. The first-order valence-corrected chi connectivity index (χ1v) is 9.48. The largest absolute Gasteiger partial charge is 0.396 e. The predicted octanol–water partition coefficient (Wildman–Crippen LogP) is 4.21. The molecule has 0 bridgehead atoms. The van der Waals surface area contributed by atoms with Crippen LogP contribution in [0, 0.1) is 0 Å². The van der Waals surface area contributed by atoms with E-state index in [-0.39, 0.29) is 0 Å². The van der Waals surface area contributed by atoms with Gasteiger partial charge < -0.3 is 10.6 Å². The summed E-state index contributed by atoms with van der Waals surface area (Å²) in [6.45, 7) is 2.00. The van der Waals surface area contributed by atoms with Crippen molar-refractivity contribution >= 4 is 38.6 Å². The van der Waals surface area contributed by atoms with Gasteiger partial charge in [0.25, 0.3) is 0 Å². The lowest BCUT2D eigenvalue weighted by atomic mass is 10.1. The van der Waals surface area contributed by atoms with Crippen LogP contribution in [0.3, 0.4) is 0 Å². The maximum atomic E-state index is 6.53. The van der Waals surface area contributed by atoms with Crippen molar-refractivity contribution in [3.05, 3.63) is 40.4 Å². The van der Waals surface area contributed by atoms with Gasteiger partial charge in [-0.05, 0) is 40.9 Å². The van der Waals surface area contributed by atoms with E-state index in [0.717, 1.165) is 45.3 Å². The molecule has 4 heterocycles. The Bertz CT molecular complexity index is 845. The van der Waals surface area contributed by atoms with E-state index in [9.17, 15) is 0 Å². The van der Waals surface area contributed by atoms with Gasteiger partial charge in [0.2, 0.25) is 0 Å². The van der Waals surface area contributed by atoms with Crippen LogP contribution in [0.5, 0.6) is 0 Å². The summed E-state index contributed by atoms with van der Waals surface area (Å²) in [5.41, 5.74) is 10.6. The summed E-state index contributed by atoms with van der Waals surface area (Å²) >= 11 is 5.22. The van der Waals surface area contributed by atoms with Gasteiger partial charge in [0, 0.05) is 30.9 Å². The number of anilines is 2. The van der Waals surface area contributed by atoms with Crippen molar-refractivity contribution in [1.82, 2.24) is 15.0 Å². The van der Waals surface area contributed by atoms with Gasteiger partial charge in [0.15, 0.2) is 0 Å². The first kappa shape index (κ1) is 15.5. The molecule has 0 radical (unpaired) electrons. The molecule has 0 amide bonds. The Morgan fingerprint density at radius 2 is 1.92 bits per heavy atom. The second-order valence-electron chi connectivity index (χ2n) is 5.63. The first-order chi connectivity index (χ1) is 11.8. The maximum Gasteiger partial charge on any atom is 0.144 e. The minimum absolute atomic E-state index is 0.706. The van der Waals surface area contributed by atoms with Crippen molar-refractivity contribution < 1.29 is 0 Å². The molecule has 3 aromatic heterocycles. The van der Waals surface area contributed by atoms with Crippen LogP contribution in [0.4, 0.5) is 11.4 Å². The molecular formula is C17H16BrN5S. The summed E-state index contributed by atoms with van der Waals surface area (Å²) in [6.07, 6.45) is 5.91. The van der Waals surface area contributed by atoms with E-state index >= 15 is 0 Å². The Hall–Kier alpha value is -1.99. The third-order valence-corrected chi connectivity index (χ3v) is 5.69. The Labute approximate surface area is 152 Å². The number of nitrogens with zero attached hydrogens (tertiary/aromatic N) is 4. The Morgan fingerprint density at radius 3 is 2.58 bits per heavy atom. The third-order valence-electron chi connectivity index (χ3n) is 4.11. The summed E-state index contributed by atoms with van der Waals surface area (Å²) < 4.78 is 0.795. The zero-order chi connectivity index (χ0) is 16.5. The molecule has 0 aromatic carbocycles. The molecular weight excluding hydrogens is 386 g/mol. The van der Waals surface area contributed by atoms with Gasteiger partial charge in [-0.15, -0.1) is 11.3 Å². The summed E-state index contributed by atoms with van der Waals surface area (Å²) in [5.74, 6) is 0. The van der Waals surface area contributed by atoms with Crippen LogP contribution >= 0.6 is 27.3 Å². The van der Waals surface area contributed by atoms with E-state index in [2.05, 4.69) is 30.8 Å². The lowest BCUT2D eigenvalue weighted by molar-refractivity contribution is 0.949. The quantitative estimate of drug-likeness (QED) is 0.711. The molecule has 2 N–H and O–H groups in total. The maximum absolute atomic E-state index is 6.53. The normalized spacial score (nSPS) is 14.3. The molecule has 24 heavy (non-hydrogen) atoms. The second-order valence-corrected chi connectivity index (χ2v) is 7.32. The Balaban J connectivity index is 1.96. The molecule has 0 aliphatic carbocycles. The van der Waals surface area contributed by atoms with Gasteiger partial charge in [-0.3, -0.25) is 4.98 Å². The smallest absolute Gasteiger partial charge is 0.144 e. The molecule has 122 valence electrons. The van der Waals surface area contributed by atoms with Crippen molar-refractivity contribution in [2.24, 2.45) is 0 Å². The van der Waals surface area contributed by atoms with Gasteiger partial charge in [0.05, 0.1) is 21.5 Å². The first-order valence-electron chi connectivity index (χ1n) is 7.81. The van der Waals surface area contributed by atoms with Crippen LogP contribution in [0.2, 0.25) is 0 Å². The predicted molar refractivity (Wildman–Crippen MR) is 102 cm³/mol. The topological polar surface area (TPSA) is 67.9 Å². The van der Waals surface area contributed by atoms with Gasteiger partial charge in [-0.25, -0.2) is 9.97 Å². The van der Waals surface area contributed by atoms with E-state index in [1.807, 2.05) is 23.6 Å². The number of rotatable bonds is 3. The highest BCUT2D eigenvalue weighted by atomic mass is 79.9. The average Bonchev–Trinajstić information content (AvgIpc) is 3.31. The van der Waals surface area contributed by atoms with E-state index in [1.54, 1.807) is 23.7 Å². The lowest BCUT2D eigenvalue weighted by Crippen LogP contribution is -2.21. The number of pyridine rings is 2. The van der Waals surface area contributed by atoms with E-state index < -0.39 is 0 Å². The van der Waals surface area contributed by atoms with E-state index in [1.165, 1.54) is 12.8 Å². The number of aromatic nitrogens is 3. The van der Waals surface area contributed by atoms with Crippen molar-refractivity contribution in [3.63, 3.8) is 0 Å². The molecule has 1 fully saturated rings. The molecule has 1 saturated heterocycles. The van der Waals surface area contributed by atoms with Gasteiger partial charge in [0.1, 0.15) is 16.4 Å². The summed E-state index contributed by atoms with van der Waals surface area (Å²) in [4.78, 5) is 16.1. The number of halogens is 1. The fourth-order valence-corrected chi connectivity index (χ4v) is 4.10. The molecule has 3 aromatic rings. The molecule has 1 aliphatic heterocycles. The minimum atomic E-state index is 0.706. The molecule has 1 aliphatic rings. The fraction of sp³-hybridized carbons (Fsp3) is 0.235. The summed E-state index contributed by atoms with van der Waals surface area (Å²) in [5, 5.41) is 2.84. The van der Waals surface area contributed by atoms with E-state index in [4.69, 9.17) is 10.7 Å². The van der Waals surface area contributed by atoms with Crippen LogP contribution in [-0.2, 0) is 0 Å². The molecule has 0 atom stereocenters. The second kappa shape index (κ2) is 6.49. The van der Waals surface area contributed by atoms with Gasteiger partial charge in [-0.2, -0.15) is 0 Å². The Morgan fingerprint density at radius 1 is 1.08 bits per heavy atom. The number of hydrogen-bond acceptors (Lipinski definition) is 6. The fourth-order valence-electron chi connectivity index (χ4n) is 3.00. The molecule has 0 unspecified atom stereocenters. The summed E-state index contributed by atoms with van der Waals surface area (Å²) in [6, 6.07) is 5.78. The van der Waals surface area contributed by atoms with Crippen LogP contribution in [0.15, 0.2) is 40.4 Å². The molecule has 7 heteroatoms. The molecule has 0 saturated carbocycles. The highest BCUT2D eigenvalue weighted by molar-refractivity contribution is 9.10. The number of thiazole rings is 1. The number of nitrogen functional groups attached to an aromatic ring is 1. The van der Waals surface area contributed by atoms with Crippen LogP contribution < -0.4 is 10.6 Å². The SMILES string of the molecule is Nc1c(Br)c(-c2ccccn2)nc(-c2nccs2)c1N1CCCC1. The van der Waals surface area contributed by atoms with Crippen molar-refractivity contribution in [2.45, 2.75) is 12.8 Å². The van der Waals surface area contributed by atoms with Crippen molar-refractivity contribution in [1.29, 1.82) is 0 Å². The number of hydrogen-bond donors (Lipinski definition) is 1.